The van der Waals surface area contributed by atoms with E-state index in [0.29, 0.717) is 0 Å². The summed E-state index contributed by atoms with van der Waals surface area (Å²) in [7, 11) is 0. The summed E-state index contributed by atoms with van der Waals surface area (Å²) < 4.78 is -1.32. The predicted molar refractivity (Wildman–Crippen MR) is 36.6 cm³/mol. The molecule has 0 fully saturated rings. The van der Waals surface area contributed by atoms with Crippen LogP contribution >= 0.6 is 23.2 Å². The van der Waals surface area contributed by atoms with Crippen molar-refractivity contribution in [1.29, 1.82) is 0 Å². The van der Waals surface area contributed by atoms with Gasteiger partial charge in [0, 0.05) is 6.54 Å². The average Bonchev–Trinajstić information content (AvgIpc) is 1.84. The molecule has 0 amide bonds. The summed E-state index contributed by atoms with van der Waals surface area (Å²) in [4.78, 5) is 0. The molecule has 3 N–H and O–H groups in total. The molecule has 0 heterocycles. The zero-order valence-corrected chi connectivity index (χ0v) is 6.28. The van der Waals surface area contributed by atoms with Crippen LogP contribution in [0, 0.1) is 0 Å². The Morgan fingerprint density at radius 3 is 2.22 bits per heavy atom. The normalized spacial score (nSPS) is 12.0. The molecule has 0 bridgehead atoms. The molecule has 5 heteroatoms. The maximum absolute atomic E-state index is 8.41. The monoisotopic (exact) mass is 173 g/mol. The van der Waals surface area contributed by atoms with Crippen LogP contribution in [-0.2, 0) is 0 Å². The maximum Gasteiger partial charge on any atom is 0.192 e. The minimum atomic E-state index is -1.32. The van der Waals surface area contributed by atoms with Gasteiger partial charge in [0.15, 0.2) is 4.46 Å². The Bertz CT molecular complexity index is 79.0. The second-order valence-corrected chi connectivity index (χ2v) is 3.00. The molecule has 0 saturated carbocycles. The van der Waals surface area contributed by atoms with Gasteiger partial charge in [0.05, 0.1) is 13.2 Å². The van der Waals surface area contributed by atoms with E-state index < -0.39 is 4.46 Å². The first-order chi connectivity index (χ1) is 4.12. The first-order valence-corrected chi connectivity index (χ1v) is 3.22. The predicted octanol–water partition coefficient (Wildman–Crippen LogP) is -0.308. The summed E-state index contributed by atoms with van der Waals surface area (Å²) in [6.07, 6.45) is 0. The second kappa shape index (κ2) is 4.30. The Morgan fingerprint density at radius 1 is 1.33 bits per heavy atom. The molecule has 0 unspecified atom stereocenters. The number of hydrogen-bond acceptors (Lipinski definition) is 3. The van der Waals surface area contributed by atoms with Crippen molar-refractivity contribution in [2.75, 3.05) is 19.8 Å². The number of rotatable bonds is 4. The molecule has 0 aromatic rings. The topological polar surface area (TPSA) is 52.5 Å². The van der Waals surface area contributed by atoms with Crippen molar-refractivity contribution in [1.82, 2.24) is 5.32 Å². The van der Waals surface area contributed by atoms with Crippen molar-refractivity contribution in [2.24, 2.45) is 0 Å². The summed E-state index contributed by atoms with van der Waals surface area (Å²) in [5, 5.41) is 19.2. The molecule has 0 atom stereocenters. The lowest BCUT2D eigenvalue weighted by Gasteiger charge is -2.16. The van der Waals surface area contributed by atoms with Gasteiger partial charge in [-0.25, -0.2) is 0 Å². The van der Waals surface area contributed by atoms with Gasteiger partial charge in [-0.05, 0) is 0 Å². The lowest BCUT2D eigenvalue weighted by Crippen LogP contribution is -2.39. The van der Waals surface area contributed by atoms with Crippen LogP contribution in [0.15, 0.2) is 0 Å². The molecule has 0 aliphatic heterocycles. The van der Waals surface area contributed by atoms with Crippen molar-refractivity contribution in [3.63, 3.8) is 0 Å². The molecule has 0 aromatic heterocycles. The van der Waals surface area contributed by atoms with E-state index in [9.17, 15) is 0 Å². The van der Waals surface area contributed by atoms with Crippen LogP contribution in [-0.4, -0.2) is 34.4 Å². The third kappa shape index (κ3) is 4.93. The van der Waals surface area contributed by atoms with Gasteiger partial charge < -0.3 is 10.2 Å². The van der Waals surface area contributed by atoms with Gasteiger partial charge in [0.2, 0.25) is 0 Å². The van der Waals surface area contributed by atoms with Gasteiger partial charge in [-0.2, -0.15) is 0 Å². The van der Waals surface area contributed by atoms with Crippen molar-refractivity contribution >= 4 is 23.2 Å². The summed E-state index contributed by atoms with van der Waals surface area (Å²) in [6, 6.07) is 0. The Kier molecular flexibility index (Phi) is 4.52. The number of nitrogens with one attached hydrogen (secondary N) is 1. The smallest absolute Gasteiger partial charge is 0.192 e. The minimum absolute atomic E-state index is 0.0544. The number of hydrogen-bond donors (Lipinski definition) is 3. The maximum atomic E-state index is 8.41. The fraction of sp³-hybridized carbons (Fsp3) is 1.00. The van der Waals surface area contributed by atoms with Gasteiger partial charge >= 0.3 is 0 Å². The van der Waals surface area contributed by atoms with E-state index in [0.717, 1.165) is 0 Å². The lowest BCUT2D eigenvalue weighted by atomic mass is 10.6. The van der Waals surface area contributed by atoms with E-state index in [-0.39, 0.29) is 19.8 Å². The van der Waals surface area contributed by atoms with E-state index in [1.807, 2.05) is 0 Å². The second-order valence-electron chi connectivity index (χ2n) is 1.51. The molecule has 0 spiro atoms. The molecular formula is C4H9Cl2NO2. The highest BCUT2D eigenvalue weighted by molar-refractivity contribution is 6.48. The SMILES string of the molecule is OCCNC(Cl)(Cl)CO. The zero-order valence-electron chi connectivity index (χ0n) is 4.77. The van der Waals surface area contributed by atoms with Crippen LogP contribution in [0.5, 0.6) is 0 Å². The Labute approximate surface area is 63.6 Å². The number of aliphatic hydroxyl groups is 2. The third-order valence-electron chi connectivity index (χ3n) is 0.694. The first-order valence-electron chi connectivity index (χ1n) is 2.47. The quantitative estimate of drug-likeness (QED) is 0.404. The van der Waals surface area contributed by atoms with Crippen molar-refractivity contribution in [2.45, 2.75) is 4.46 Å². The van der Waals surface area contributed by atoms with Gasteiger partial charge in [-0.3, -0.25) is 5.32 Å². The molecule has 3 nitrogen and oxygen atoms in total. The largest absolute Gasteiger partial charge is 0.395 e. The van der Waals surface area contributed by atoms with Gasteiger partial charge in [0.1, 0.15) is 0 Å². The van der Waals surface area contributed by atoms with E-state index in [1.165, 1.54) is 0 Å². The molecule has 0 aliphatic rings. The summed E-state index contributed by atoms with van der Waals surface area (Å²) in [5.41, 5.74) is 0. The molecule has 0 aromatic carbocycles. The third-order valence-corrected chi connectivity index (χ3v) is 1.20. The van der Waals surface area contributed by atoms with Gasteiger partial charge in [-0.15, -0.1) is 0 Å². The van der Waals surface area contributed by atoms with Gasteiger partial charge in [-0.1, -0.05) is 23.2 Å². The molecule has 0 radical (unpaired) electrons. The number of aliphatic hydroxyl groups excluding tert-OH is 2. The first kappa shape index (κ1) is 9.46. The summed E-state index contributed by atoms with van der Waals surface area (Å²) in [5.74, 6) is 0. The van der Waals surface area contributed by atoms with Crippen LogP contribution in [0.1, 0.15) is 0 Å². The fourth-order valence-corrected chi connectivity index (χ4v) is 0.484. The molecule has 0 rings (SSSR count). The Hall–Kier alpha value is 0.460. The molecule has 56 valence electrons. The highest BCUT2D eigenvalue weighted by atomic mass is 35.5. The summed E-state index contributed by atoms with van der Waals surface area (Å²) >= 11 is 10.8. The summed E-state index contributed by atoms with van der Waals surface area (Å²) in [6.45, 7) is -0.162. The van der Waals surface area contributed by atoms with E-state index in [4.69, 9.17) is 33.4 Å². The fourth-order valence-electron chi connectivity index (χ4n) is 0.295. The highest BCUT2D eigenvalue weighted by Gasteiger charge is 2.20. The van der Waals surface area contributed by atoms with E-state index in [1.54, 1.807) is 0 Å². The van der Waals surface area contributed by atoms with Gasteiger partial charge in [0.25, 0.3) is 0 Å². The minimum Gasteiger partial charge on any atom is -0.395 e. The van der Waals surface area contributed by atoms with Crippen molar-refractivity contribution in [3.05, 3.63) is 0 Å². The van der Waals surface area contributed by atoms with E-state index >= 15 is 0 Å². The lowest BCUT2D eigenvalue weighted by molar-refractivity contribution is 0.241. The molecule has 0 saturated heterocycles. The average molecular weight is 174 g/mol. The van der Waals surface area contributed by atoms with Crippen LogP contribution < -0.4 is 5.32 Å². The Balaban J connectivity index is 3.33. The van der Waals surface area contributed by atoms with Crippen molar-refractivity contribution < 1.29 is 10.2 Å². The zero-order chi connectivity index (χ0) is 7.33. The highest BCUT2D eigenvalue weighted by Crippen LogP contribution is 2.14. The number of halogens is 2. The van der Waals surface area contributed by atoms with Crippen LogP contribution in [0.3, 0.4) is 0 Å². The molecular weight excluding hydrogens is 165 g/mol. The van der Waals surface area contributed by atoms with Crippen LogP contribution in [0.2, 0.25) is 0 Å². The molecule has 0 aliphatic carbocycles. The number of alkyl halides is 2. The molecule has 9 heavy (non-hydrogen) atoms. The Morgan fingerprint density at radius 2 is 1.89 bits per heavy atom. The van der Waals surface area contributed by atoms with E-state index in [2.05, 4.69) is 5.32 Å². The van der Waals surface area contributed by atoms with Crippen molar-refractivity contribution in [3.8, 4) is 0 Å². The van der Waals surface area contributed by atoms with Crippen LogP contribution in [0.4, 0.5) is 0 Å². The van der Waals surface area contributed by atoms with Crippen LogP contribution in [0.25, 0.3) is 0 Å². The standard InChI is InChI=1S/C4H9Cl2NO2/c5-4(6,3-9)7-1-2-8/h7-9H,1-3H2.